The van der Waals surface area contributed by atoms with Gasteiger partial charge in [0.1, 0.15) is 0 Å². The Hall–Kier alpha value is -0.330. The maximum atomic E-state index is 7.79. The van der Waals surface area contributed by atoms with Gasteiger partial charge in [0, 0.05) is 11.6 Å². The minimum Gasteiger partial charge on any atom is -0.309 e. The highest BCUT2D eigenvalue weighted by Gasteiger charge is 2.42. The topological polar surface area (TPSA) is 23.9 Å². The summed E-state index contributed by atoms with van der Waals surface area (Å²) in [4.78, 5) is 0. The zero-order valence-electron chi connectivity index (χ0n) is 8.68. The van der Waals surface area contributed by atoms with E-state index in [4.69, 9.17) is 5.41 Å². The summed E-state index contributed by atoms with van der Waals surface area (Å²) in [6.07, 6.45) is 9.43. The molecule has 0 aromatic carbocycles. The Balaban J connectivity index is 1.80. The average Bonchev–Trinajstić information content (AvgIpc) is 2.01. The molecule has 1 nitrogen and oxygen atoms in total. The second kappa shape index (κ2) is 3.81. The van der Waals surface area contributed by atoms with Gasteiger partial charge in [-0.2, -0.15) is 0 Å². The van der Waals surface area contributed by atoms with Crippen LogP contribution in [0.1, 0.15) is 51.9 Å². The lowest BCUT2D eigenvalue weighted by molar-refractivity contribution is 0.139. The first kappa shape index (κ1) is 9.23. The Bertz CT molecular complexity index is 193. The van der Waals surface area contributed by atoms with Crippen LogP contribution < -0.4 is 0 Å². The predicted molar refractivity (Wildman–Crippen MR) is 56.2 cm³/mol. The molecule has 2 rings (SSSR count). The van der Waals surface area contributed by atoms with Gasteiger partial charge in [-0.15, -0.1) is 0 Å². The Morgan fingerprint density at radius 2 is 2.15 bits per heavy atom. The largest absolute Gasteiger partial charge is 0.309 e. The molecule has 74 valence electrons. The molecule has 0 aromatic rings. The molecule has 2 aliphatic rings. The summed E-state index contributed by atoms with van der Waals surface area (Å²) in [6, 6.07) is 0. The van der Waals surface area contributed by atoms with E-state index in [-0.39, 0.29) is 0 Å². The van der Waals surface area contributed by atoms with Crippen molar-refractivity contribution in [3.05, 3.63) is 0 Å². The summed E-state index contributed by atoms with van der Waals surface area (Å²) >= 11 is 0. The normalized spacial score (nSPS) is 34.1. The molecule has 1 N–H and O–H groups in total. The fourth-order valence-electron chi connectivity index (χ4n) is 2.82. The van der Waals surface area contributed by atoms with Gasteiger partial charge in [0.15, 0.2) is 0 Å². The van der Waals surface area contributed by atoms with Crippen molar-refractivity contribution >= 4 is 5.71 Å². The molecule has 13 heavy (non-hydrogen) atoms. The summed E-state index contributed by atoms with van der Waals surface area (Å²) in [5.74, 6) is 2.63. The minimum atomic E-state index is 0.699. The van der Waals surface area contributed by atoms with E-state index in [0.717, 1.165) is 24.0 Å². The molecule has 0 saturated heterocycles. The van der Waals surface area contributed by atoms with Gasteiger partial charge in [0.25, 0.3) is 0 Å². The van der Waals surface area contributed by atoms with E-state index in [1.165, 1.54) is 38.5 Å². The fraction of sp³-hybridized carbons (Fsp3) is 0.917. The zero-order valence-corrected chi connectivity index (χ0v) is 8.68. The Morgan fingerprint density at radius 3 is 2.62 bits per heavy atom. The van der Waals surface area contributed by atoms with Gasteiger partial charge in [-0.3, -0.25) is 0 Å². The molecule has 2 saturated carbocycles. The lowest BCUT2D eigenvalue weighted by Gasteiger charge is -2.46. The van der Waals surface area contributed by atoms with Crippen LogP contribution in [-0.2, 0) is 0 Å². The second-order valence-corrected chi connectivity index (χ2v) is 4.83. The Kier molecular flexibility index (Phi) is 2.71. The molecule has 2 unspecified atom stereocenters. The standard InChI is InChI=1S/C12H21N/c1-2-3-7-10-11(8-12(10)13)9-5-4-6-9/h9-11,13H,2-8H2,1H3. The molecule has 1 heteroatoms. The van der Waals surface area contributed by atoms with Crippen molar-refractivity contribution in [2.45, 2.75) is 51.9 Å². The Labute approximate surface area is 81.4 Å². The van der Waals surface area contributed by atoms with Gasteiger partial charge in [0.05, 0.1) is 0 Å². The number of hydrogen-bond donors (Lipinski definition) is 1. The first-order valence-corrected chi connectivity index (χ1v) is 5.90. The third-order valence-electron chi connectivity index (χ3n) is 4.04. The van der Waals surface area contributed by atoms with Crippen molar-refractivity contribution in [1.82, 2.24) is 0 Å². The molecular formula is C12H21N. The highest BCUT2D eigenvalue weighted by Crippen LogP contribution is 2.47. The maximum Gasteiger partial charge on any atom is 0.0126 e. The van der Waals surface area contributed by atoms with Crippen molar-refractivity contribution in [2.75, 3.05) is 0 Å². The van der Waals surface area contributed by atoms with Crippen LogP contribution in [0.15, 0.2) is 0 Å². The van der Waals surface area contributed by atoms with Crippen molar-refractivity contribution < 1.29 is 0 Å². The SMILES string of the molecule is CCCCC1C(=N)CC1C1CCC1. The fourth-order valence-corrected chi connectivity index (χ4v) is 2.82. The monoisotopic (exact) mass is 179 g/mol. The van der Waals surface area contributed by atoms with E-state index in [0.29, 0.717) is 5.92 Å². The van der Waals surface area contributed by atoms with Crippen LogP contribution in [0, 0.1) is 23.2 Å². The third-order valence-corrected chi connectivity index (χ3v) is 4.04. The van der Waals surface area contributed by atoms with Crippen LogP contribution in [0.3, 0.4) is 0 Å². The van der Waals surface area contributed by atoms with Gasteiger partial charge in [-0.1, -0.05) is 39.0 Å². The van der Waals surface area contributed by atoms with Gasteiger partial charge >= 0.3 is 0 Å². The first-order chi connectivity index (χ1) is 6.33. The lowest BCUT2D eigenvalue weighted by Crippen LogP contribution is -2.43. The maximum absolute atomic E-state index is 7.79. The number of nitrogens with one attached hydrogen (secondary N) is 1. The van der Waals surface area contributed by atoms with Crippen molar-refractivity contribution in [3.63, 3.8) is 0 Å². The molecule has 2 atom stereocenters. The smallest absolute Gasteiger partial charge is 0.0126 e. The molecule has 0 aromatic heterocycles. The molecule has 0 aliphatic heterocycles. The van der Waals surface area contributed by atoms with Crippen LogP contribution in [0.5, 0.6) is 0 Å². The molecule has 0 amide bonds. The molecule has 0 spiro atoms. The van der Waals surface area contributed by atoms with Gasteiger partial charge < -0.3 is 5.41 Å². The quantitative estimate of drug-likeness (QED) is 0.681. The molecule has 0 heterocycles. The van der Waals surface area contributed by atoms with E-state index < -0.39 is 0 Å². The molecular weight excluding hydrogens is 158 g/mol. The molecule has 0 bridgehead atoms. The van der Waals surface area contributed by atoms with Crippen LogP contribution in [0.25, 0.3) is 0 Å². The summed E-state index contributed by atoms with van der Waals surface area (Å²) < 4.78 is 0. The zero-order chi connectivity index (χ0) is 9.26. The van der Waals surface area contributed by atoms with Crippen LogP contribution >= 0.6 is 0 Å². The van der Waals surface area contributed by atoms with Gasteiger partial charge in [-0.25, -0.2) is 0 Å². The Morgan fingerprint density at radius 1 is 1.38 bits per heavy atom. The highest BCUT2D eigenvalue weighted by atomic mass is 14.6. The second-order valence-electron chi connectivity index (χ2n) is 4.83. The first-order valence-electron chi connectivity index (χ1n) is 5.90. The molecule has 0 radical (unpaired) electrons. The van der Waals surface area contributed by atoms with Crippen molar-refractivity contribution in [2.24, 2.45) is 17.8 Å². The molecule has 2 fully saturated rings. The highest BCUT2D eigenvalue weighted by molar-refractivity contribution is 5.90. The van der Waals surface area contributed by atoms with Crippen molar-refractivity contribution in [1.29, 1.82) is 5.41 Å². The number of unbranched alkanes of at least 4 members (excludes halogenated alkanes) is 1. The van der Waals surface area contributed by atoms with Crippen molar-refractivity contribution in [3.8, 4) is 0 Å². The average molecular weight is 179 g/mol. The molecule has 2 aliphatic carbocycles. The van der Waals surface area contributed by atoms with Crippen LogP contribution in [-0.4, -0.2) is 5.71 Å². The minimum absolute atomic E-state index is 0.699. The van der Waals surface area contributed by atoms with E-state index >= 15 is 0 Å². The van der Waals surface area contributed by atoms with E-state index in [2.05, 4.69) is 6.92 Å². The number of hydrogen-bond acceptors (Lipinski definition) is 1. The summed E-state index contributed by atoms with van der Waals surface area (Å²) in [5, 5.41) is 7.79. The van der Waals surface area contributed by atoms with Crippen LogP contribution in [0.4, 0.5) is 0 Å². The number of rotatable bonds is 4. The lowest BCUT2D eigenvalue weighted by atomic mass is 9.59. The van der Waals surface area contributed by atoms with E-state index in [1.54, 1.807) is 0 Å². The van der Waals surface area contributed by atoms with Gasteiger partial charge in [0.2, 0.25) is 0 Å². The summed E-state index contributed by atoms with van der Waals surface area (Å²) in [5.41, 5.74) is 1.06. The third kappa shape index (κ3) is 1.66. The van der Waals surface area contributed by atoms with E-state index in [9.17, 15) is 0 Å². The summed E-state index contributed by atoms with van der Waals surface area (Å²) in [6.45, 7) is 2.25. The van der Waals surface area contributed by atoms with Gasteiger partial charge in [-0.05, 0) is 24.7 Å². The summed E-state index contributed by atoms with van der Waals surface area (Å²) in [7, 11) is 0. The van der Waals surface area contributed by atoms with E-state index in [1.807, 2.05) is 0 Å². The predicted octanol–water partition coefficient (Wildman–Crippen LogP) is 3.63. The van der Waals surface area contributed by atoms with Crippen LogP contribution in [0.2, 0.25) is 0 Å².